The van der Waals surface area contributed by atoms with Gasteiger partial charge < -0.3 is 5.11 Å². The summed E-state index contributed by atoms with van der Waals surface area (Å²) in [6, 6.07) is 5.54. The Morgan fingerprint density at radius 2 is 1.94 bits per heavy atom. The number of rotatable bonds is 2. The second kappa shape index (κ2) is 3.89. The van der Waals surface area contributed by atoms with Gasteiger partial charge in [0.25, 0.3) is 0 Å². The summed E-state index contributed by atoms with van der Waals surface area (Å²) in [5, 5.41) is 9.65. The van der Waals surface area contributed by atoms with E-state index in [1.807, 2.05) is 26.0 Å². The Kier molecular flexibility index (Phi) is 2.56. The van der Waals surface area contributed by atoms with Crippen LogP contribution in [0.15, 0.2) is 18.2 Å². The van der Waals surface area contributed by atoms with Crippen LogP contribution in [0, 0.1) is 13.8 Å². The van der Waals surface area contributed by atoms with Gasteiger partial charge in [-0.1, -0.05) is 0 Å². The summed E-state index contributed by atoms with van der Waals surface area (Å²) in [4.78, 5) is 19.4. The third-order valence-electron chi connectivity index (χ3n) is 2.37. The SMILES string of the molecule is Cc1ccc2c(CC(=O)O)cc(C)nc2n1. The number of aryl methyl sites for hydroxylation is 2. The second-order valence-corrected chi connectivity index (χ2v) is 3.82. The summed E-state index contributed by atoms with van der Waals surface area (Å²) < 4.78 is 0. The Morgan fingerprint density at radius 1 is 1.25 bits per heavy atom. The molecule has 82 valence electrons. The van der Waals surface area contributed by atoms with Crippen molar-refractivity contribution in [3.8, 4) is 0 Å². The molecule has 2 aromatic rings. The molecule has 0 radical (unpaired) electrons. The molecule has 2 heterocycles. The summed E-state index contributed by atoms with van der Waals surface area (Å²) >= 11 is 0. The minimum absolute atomic E-state index is 0.00456. The molecule has 2 aromatic heterocycles. The molecule has 0 fully saturated rings. The number of hydrogen-bond donors (Lipinski definition) is 1. The summed E-state index contributed by atoms with van der Waals surface area (Å²) in [5.41, 5.74) is 3.06. The highest BCUT2D eigenvalue weighted by Crippen LogP contribution is 2.17. The topological polar surface area (TPSA) is 63.1 Å². The molecule has 0 aliphatic carbocycles. The third kappa shape index (κ3) is 2.00. The van der Waals surface area contributed by atoms with Gasteiger partial charge in [0.1, 0.15) is 0 Å². The van der Waals surface area contributed by atoms with Crippen molar-refractivity contribution < 1.29 is 9.90 Å². The van der Waals surface area contributed by atoms with Crippen LogP contribution in [-0.4, -0.2) is 21.0 Å². The lowest BCUT2D eigenvalue weighted by Gasteiger charge is -2.05. The maximum absolute atomic E-state index is 10.7. The van der Waals surface area contributed by atoms with Gasteiger partial charge in [-0.3, -0.25) is 4.79 Å². The maximum atomic E-state index is 10.7. The first-order valence-corrected chi connectivity index (χ1v) is 5.02. The van der Waals surface area contributed by atoms with Gasteiger partial charge in [0, 0.05) is 16.8 Å². The lowest BCUT2D eigenvalue weighted by molar-refractivity contribution is -0.136. The van der Waals surface area contributed by atoms with Gasteiger partial charge in [-0.05, 0) is 37.6 Å². The molecular weight excluding hydrogens is 204 g/mol. The Morgan fingerprint density at radius 3 is 2.62 bits per heavy atom. The highest BCUT2D eigenvalue weighted by Gasteiger charge is 2.08. The first-order chi connectivity index (χ1) is 7.56. The quantitative estimate of drug-likeness (QED) is 0.832. The molecule has 0 aliphatic heterocycles. The standard InChI is InChI=1S/C12H12N2O2/c1-7-3-4-10-9(6-11(15)16)5-8(2)14-12(10)13-7/h3-5H,6H2,1-2H3,(H,15,16). The van der Waals surface area contributed by atoms with Crippen molar-refractivity contribution in [3.63, 3.8) is 0 Å². The van der Waals surface area contributed by atoms with Crippen molar-refractivity contribution in [1.29, 1.82) is 0 Å². The molecule has 0 unspecified atom stereocenters. The number of aromatic nitrogens is 2. The molecule has 0 spiro atoms. The van der Waals surface area contributed by atoms with E-state index in [9.17, 15) is 4.79 Å². The minimum atomic E-state index is -0.840. The molecule has 0 aromatic carbocycles. The number of carboxylic acids is 1. The van der Waals surface area contributed by atoms with Crippen molar-refractivity contribution in [2.75, 3.05) is 0 Å². The van der Waals surface area contributed by atoms with Crippen LogP contribution in [0.1, 0.15) is 17.0 Å². The average molecular weight is 216 g/mol. The third-order valence-corrected chi connectivity index (χ3v) is 2.37. The fraction of sp³-hybridized carbons (Fsp3) is 0.250. The molecule has 4 heteroatoms. The van der Waals surface area contributed by atoms with Crippen molar-refractivity contribution in [2.24, 2.45) is 0 Å². The molecule has 1 N–H and O–H groups in total. The number of hydrogen-bond acceptors (Lipinski definition) is 3. The van der Waals surface area contributed by atoms with Crippen molar-refractivity contribution in [3.05, 3.63) is 35.2 Å². The van der Waals surface area contributed by atoms with Crippen LogP contribution in [0.25, 0.3) is 11.0 Å². The van der Waals surface area contributed by atoms with E-state index >= 15 is 0 Å². The van der Waals surface area contributed by atoms with E-state index in [-0.39, 0.29) is 6.42 Å². The lowest BCUT2D eigenvalue weighted by atomic mass is 10.1. The molecule has 0 atom stereocenters. The fourth-order valence-corrected chi connectivity index (χ4v) is 1.72. The minimum Gasteiger partial charge on any atom is -0.481 e. The van der Waals surface area contributed by atoms with Crippen molar-refractivity contribution in [2.45, 2.75) is 20.3 Å². The van der Waals surface area contributed by atoms with E-state index in [1.165, 1.54) is 0 Å². The molecule has 4 nitrogen and oxygen atoms in total. The van der Waals surface area contributed by atoms with E-state index in [1.54, 1.807) is 6.07 Å². The second-order valence-electron chi connectivity index (χ2n) is 3.82. The molecular formula is C12H12N2O2. The Hall–Kier alpha value is -1.97. The first-order valence-electron chi connectivity index (χ1n) is 5.02. The van der Waals surface area contributed by atoms with Crippen molar-refractivity contribution >= 4 is 17.0 Å². The van der Waals surface area contributed by atoms with Gasteiger partial charge in [0.15, 0.2) is 5.65 Å². The fourth-order valence-electron chi connectivity index (χ4n) is 1.72. The Labute approximate surface area is 93.0 Å². The Balaban J connectivity index is 2.67. The normalized spacial score (nSPS) is 10.6. The highest BCUT2D eigenvalue weighted by atomic mass is 16.4. The van der Waals surface area contributed by atoms with Gasteiger partial charge in [0.05, 0.1) is 6.42 Å². The number of carbonyl (C=O) groups is 1. The van der Waals surface area contributed by atoms with Crippen LogP contribution in [0.5, 0.6) is 0 Å². The number of nitrogens with zero attached hydrogens (tertiary/aromatic N) is 2. The first kappa shape index (κ1) is 10.5. The number of fused-ring (bicyclic) bond motifs is 1. The monoisotopic (exact) mass is 216 g/mol. The highest BCUT2D eigenvalue weighted by molar-refractivity contribution is 5.84. The van der Waals surface area contributed by atoms with E-state index < -0.39 is 5.97 Å². The zero-order chi connectivity index (χ0) is 11.7. The van der Waals surface area contributed by atoms with Crippen LogP contribution in [0.3, 0.4) is 0 Å². The van der Waals surface area contributed by atoms with Gasteiger partial charge in [0.2, 0.25) is 0 Å². The van der Waals surface area contributed by atoms with Crippen LogP contribution in [0.2, 0.25) is 0 Å². The molecule has 0 saturated heterocycles. The molecule has 0 aliphatic rings. The largest absolute Gasteiger partial charge is 0.481 e. The molecule has 0 saturated carbocycles. The van der Waals surface area contributed by atoms with Crippen LogP contribution in [0.4, 0.5) is 0 Å². The summed E-state index contributed by atoms with van der Waals surface area (Å²) in [5.74, 6) is -0.840. The Bertz CT molecular complexity index is 559. The summed E-state index contributed by atoms with van der Waals surface area (Å²) in [6.07, 6.45) is 0.00456. The molecule has 16 heavy (non-hydrogen) atoms. The molecule has 2 rings (SSSR count). The van der Waals surface area contributed by atoms with Crippen LogP contribution < -0.4 is 0 Å². The zero-order valence-corrected chi connectivity index (χ0v) is 9.19. The van der Waals surface area contributed by atoms with Crippen LogP contribution in [-0.2, 0) is 11.2 Å². The molecule has 0 bridgehead atoms. The van der Waals surface area contributed by atoms with Gasteiger partial charge in [-0.15, -0.1) is 0 Å². The summed E-state index contributed by atoms with van der Waals surface area (Å²) in [7, 11) is 0. The zero-order valence-electron chi connectivity index (χ0n) is 9.19. The maximum Gasteiger partial charge on any atom is 0.307 e. The molecule has 0 amide bonds. The average Bonchev–Trinajstić information content (AvgIpc) is 2.15. The smallest absolute Gasteiger partial charge is 0.307 e. The lowest BCUT2D eigenvalue weighted by Crippen LogP contribution is -2.03. The van der Waals surface area contributed by atoms with E-state index in [0.717, 1.165) is 22.3 Å². The van der Waals surface area contributed by atoms with Gasteiger partial charge >= 0.3 is 5.97 Å². The van der Waals surface area contributed by atoms with E-state index in [2.05, 4.69) is 9.97 Å². The van der Waals surface area contributed by atoms with E-state index in [0.29, 0.717) is 5.65 Å². The van der Waals surface area contributed by atoms with Crippen LogP contribution >= 0.6 is 0 Å². The number of carboxylic acid groups (broad SMARTS) is 1. The van der Waals surface area contributed by atoms with Gasteiger partial charge in [-0.2, -0.15) is 0 Å². The predicted molar refractivity (Wildman–Crippen MR) is 60.4 cm³/mol. The van der Waals surface area contributed by atoms with E-state index in [4.69, 9.17) is 5.11 Å². The number of aliphatic carboxylic acids is 1. The predicted octanol–water partition coefficient (Wildman–Crippen LogP) is 1.87. The van der Waals surface area contributed by atoms with Crippen molar-refractivity contribution in [1.82, 2.24) is 9.97 Å². The van der Waals surface area contributed by atoms with Gasteiger partial charge in [-0.25, -0.2) is 9.97 Å². The summed E-state index contributed by atoms with van der Waals surface area (Å²) in [6.45, 7) is 3.73. The number of pyridine rings is 2.